The van der Waals surface area contributed by atoms with Crippen molar-refractivity contribution in [2.24, 2.45) is 0 Å². The molecule has 0 aliphatic rings. The van der Waals surface area contributed by atoms with Gasteiger partial charge in [-0.1, -0.05) is 12.1 Å². The topological polar surface area (TPSA) is 59.3 Å². The third-order valence-corrected chi connectivity index (χ3v) is 4.13. The number of hydrogen-bond donors (Lipinski definition) is 1. The molecule has 0 saturated carbocycles. The normalized spacial score (nSPS) is 11.8. The van der Waals surface area contributed by atoms with E-state index in [4.69, 9.17) is 4.42 Å². The van der Waals surface area contributed by atoms with Crippen LogP contribution in [0.15, 0.2) is 71.3 Å². The molecule has 0 fully saturated rings. The van der Waals surface area contributed by atoms with Crippen molar-refractivity contribution in [1.29, 1.82) is 0 Å². The SMILES string of the molecule is CC(=O)c1ccc(NC(=O)C(Cc2ccco2)c2ccc(F)cc2)cc1. The van der Waals surface area contributed by atoms with Crippen LogP contribution in [0, 0.1) is 5.82 Å². The van der Waals surface area contributed by atoms with Gasteiger partial charge in [-0.25, -0.2) is 4.39 Å². The third kappa shape index (κ3) is 4.25. The zero-order chi connectivity index (χ0) is 18.5. The monoisotopic (exact) mass is 351 g/mol. The maximum absolute atomic E-state index is 13.2. The molecule has 0 aliphatic carbocycles. The number of furan rings is 1. The van der Waals surface area contributed by atoms with Crippen LogP contribution in [0.1, 0.15) is 34.5 Å². The number of benzene rings is 2. The molecule has 0 bridgehead atoms. The molecule has 0 spiro atoms. The van der Waals surface area contributed by atoms with Crippen molar-refractivity contribution < 1.29 is 18.4 Å². The predicted octanol–water partition coefficient (Wildman–Crippen LogP) is 4.59. The van der Waals surface area contributed by atoms with E-state index in [-0.39, 0.29) is 17.5 Å². The van der Waals surface area contributed by atoms with E-state index >= 15 is 0 Å². The second-order valence-corrected chi connectivity index (χ2v) is 6.01. The fourth-order valence-corrected chi connectivity index (χ4v) is 2.70. The Morgan fingerprint density at radius 3 is 2.31 bits per heavy atom. The standard InChI is InChI=1S/C21H18FNO3/c1-14(24)15-6-10-18(11-7-15)23-21(25)20(13-19-3-2-12-26-19)16-4-8-17(22)9-5-16/h2-12,20H,13H2,1H3,(H,23,25). The molecule has 2 aromatic carbocycles. The Labute approximate surface area is 150 Å². The van der Waals surface area contributed by atoms with Crippen molar-refractivity contribution >= 4 is 17.4 Å². The van der Waals surface area contributed by atoms with Gasteiger partial charge in [0.15, 0.2) is 5.78 Å². The molecule has 0 aliphatic heterocycles. The minimum atomic E-state index is -0.533. The second kappa shape index (κ2) is 7.78. The highest BCUT2D eigenvalue weighted by Crippen LogP contribution is 2.24. The minimum absolute atomic E-state index is 0.0371. The molecular weight excluding hydrogens is 333 g/mol. The average Bonchev–Trinajstić information content (AvgIpc) is 3.14. The lowest BCUT2D eigenvalue weighted by molar-refractivity contribution is -0.117. The van der Waals surface area contributed by atoms with Crippen LogP contribution in [-0.4, -0.2) is 11.7 Å². The first-order valence-electron chi connectivity index (χ1n) is 8.22. The lowest BCUT2D eigenvalue weighted by atomic mass is 9.93. The number of anilines is 1. The van der Waals surface area contributed by atoms with Gasteiger partial charge in [-0.3, -0.25) is 9.59 Å². The number of ketones is 1. The number of carbonyl (C=O) groups excluding carboxylic acids is 2. The van der Waals surface area contributed by atoms with Crippen LogP contribution >= 0.6 is 0 Å². The van der Waals surface area contributed by atoms with Gasteiger partial charge in [0, 0.05) is 17.7 Å². The molecule has 5 heteroatoms. The summed E-state index contributed by atoms with van der Waals surface area (Å²) < 4.78 is 18.6. The summed E-state index contributed by atoms with van der Waals surface area (Å²) in [5.74, 6) is -0.491. The first-order valence-corrected chi connectivity index (χ1v) is 8.22. The van der Waals surface area contributed by atoms with E-state index < -0.39 is 5.92 Å². The molecule has 26 heavy (non-hydrogen) atoms. The van der Waals surface area contributed by atoms with Crippen LogP contribution in [0.3, 0.4) is 0 Å². The zero-order valence-electron chi connectivity index (χ0n) is 14.2. The quantitative estimate of drug-likeness (QED) is 0.661. The highest BCUT2D eigenvalue weighted by molar-refractivity contribution is 5.97. The zero-order valence-corrected chi connectivity index (χ0v) is 14.2. The smallest absolute Gasteiger partial charge is 0.232 e. The van der Waals surface area contributed by atoms with Gasteiger partial charge in [0.2, 0.25) is 5.91 Å². The van der Waals surface area contributed by atoms with Crippen molar-refractivity contribution in [2.75, 3.05) is 5.32 Å². The molecule has 0 saturated heterocycles. The van der Waals surface area contributed by atoms with Crippen molar-refractivity contribution in [1.82, 2.24) is 0 Å². The molecule has 3 aromatic rings. The van der Waals surface area contributed by atoms with Gasteiger partial charge < -0.3 is 9.73 Å². The Kier molecular flexibility index (Phi) is 5.27. The number of rotatable bonds is 6. The summed E-state index contributed by atoms with van der Waals surface area (Å²) in [7, 11) is 0. The van der Waals surface area contributed by atoms with Crippen LogP contribution in [-0.2, 0) is 11.2 Å². The summed E-state index contributed by atoms with van der Waals surface area (Å²) in [5.41, 5.74) is 1.86. The number of nitrogens with one attached hydrogen (secondary N) is 1. The van der Waals surface area contributed by atoms with E-state index in [2.05, 4.69) is 5.32 Å². The van der Waals surface area contributed by atoms with Crippen LogP contribution in [0.2, 0.25) is 0 Å². The number of hydrogen-bond acceptors (Lipinski definition) is 3. The van der Waals surface area contributed by atoms with Crippen LogP contribution in [0.25, 0.3) is 0 Å². The van der Waals surface area contributed by atoms with Gasteiger partial charge >= 0.3 is 0 Å². The molecule has 1 aromatic heterocycles. The third-order valence-electron chi connectivity index (χ3n) is 4.13. The fraction of sp³-hybridized carbons (Fsp3) is 0.143. The summed E-state index contributed by atoms with van der Waals surface area (Å²) in [5, 5.41) is 2.85. The first-order chi connectivity index (χ1) is 12.5. The predicted molar refractivity (Wildman–Crippen MR) is 96.6 cm³/mol. The molecular formula is C21H18FNO3. The number of amides is 1. The maximum Gasteiger partial charge on any atom is 0.232 e. The molecule has 4 nitrogen and oxygen atoms in total. The van der Waals surface area contributed by atoms with E-state index in [1.54, 1.807) is 54.8 Å². The van der Waals surface area contributed by atoms with E-state index in [1.165, 1.54) is 19.1 Å². The summed E-state index contributed by atoms with van der Waals surface area (Å²) in [6, 6.07) is 16.1. The average molecular weight is 351 g/mol. The number of halogens is 1. The van der Waals surface area contributed by atoms with E-state index in [9.17, 15) is 14.0 Å². The first kappa shape index (κ1) is 17.6. The van der Waals surface area contributed by atoms with Crippen molar-refractivity contribution in [3.63, 3.8) is 0 Å². The van der Waals surface area contributed by atoms with Crippen molar-refractivity contribution in [2.45, 2.75) is 19.3 Å². The van der Waals surface area contributed by atoms with Crippen LogP contribution in [0.4, 0.5) is 10.1 Å². The molecule has 132 valence electrons. The molecule has 1 heterocycles. The van der Waals surface area contributed by atoms with Crippen molar-refractivity contribution in [3.8, 4) is 0 Å². The lowest BCUT2D eigenvalue weighted by Gasteiger charge is -2.16. The van der Waals surface area contributed by atoms with Crippen LogP contribution < -0.4 is 5.32 Å². The molecule has 3 rings (SSSR count). The Morgan fingerprint density at radius 1 is 1.04 bits per heavy atom. The van der Waals surface area contributed by atoms with Gasteiger partial charge in [-0.05, 0) is 61.0 Å². The van der Waals surface area contributed by atoms with E-state index in [0.29, 0.717) is 29.0 Å². The second-order valence-electron chi connectivity index (χ2n) is 6.01. The van der Waals surface area contributed by atoms with Gasteiger partial charge in [-0.15, -0.1) is 0 Å². The number of carbonyl (C=O) groups is 2. The Balaban J connectivity index is 1.81. The fourth-order valence-electron chi connectivity index (χ4n) is 2.70. The lowest BCUT2D eigenvalue weighted by Crippen LogP contribution is -2.23. The summed E-state index contributed by atoms with van der Waals surface area (Å²) >= 11 is 0. The highest BCUT2D eigenvalue weighted by Gasteiger charge is 2.22. The molecule has 1 unspecified atom stereocenters. The molecule has 1 atom stereocenters. The van der Waals surface area contributed by atoms with Gasteiger partial charge in [-0.2, -0.15) is 0 Å². The molecule has 0 radical (unpaired) electrons. The van der Waals surface area contributed by atoms with Crippen molar-refractivity contribution in [3.05, 3.63) is 89.6 Å². The largest absolute Gasteiger partial charge is 0.469 e. The Bertz CT molecular complexity index is 884. The summed E-state index contributed by atoms with van der Waals surface area (Å²) in [6.45, 7) is 1.49. The molecule has 1 N–H and O–H groups in total. The maximum atomic E-state index is 13.2. The number of Topliss-reactive ketones (excluding diaryl/α,β-unsaturated/α-hetero) is 1. The summed E-state index contributed by atoms with van der Waals surface area (Å²) in [4.78, 5) is 24.2. The van der Waals surface area contributed by atoms with Gasteiger partial charge in [0.1, 0.15) is 11.6 Å². The van der Waals surface area contributed by atoms with Crippen LogP contribution in [0.5, 0.6) is 0 Å². The van der Waals surface area contributed by atoms with Gasteiger partial charge in [0.05, 0.1) is 12.2 Å². The Morgan fingerprint density at radius 2 is 1.73 bits per heavy atom. The Hall–Kier alpha value is -3.21. The van der Waals surface area contributed by atoms with E-state index in [0.717, 1.165) is 0 Å². The molecule has 1 amide bonds. The van der Waals surface area contributed by atoms with E-state index in [1.807, 2.05) is 0 Å². The van der Waals surface area contributed by atoms with Gasteiger partial charge in [0.25, 0.3) is 0 Å². The minimum Gasteiger partial charge on any atom is -0.469 e. The summed E-state index contributed by atoms with van der Waals surface area (Å²) in [6.07, 6.45) is 1.91. The highest BCUT2D eigenvalue weighted by atomic mass is 19.1.